The van der Waals surface area contributed by atoms with Crippen molar-refractivity contribution in [3.63, 3.8) is 0 Å². The van der Waals surface area contributed by atoms with E-state index in [0.717, 1.165) is 25.7 Å². The van der Waals surface area contributed by atoms with Crippen molar-refractivity contribution in [1.29, 1.82) is 0 Å². The molecule has 6 N–H and O–H groups in total. The Balaban J connectivity index is 1.64. The van der Waals surface area contributed by atoms with E-state index in [4.69, 9.17) is 10.5 Å². The van der Waals surface area contributed by atoms with Crippen molar-refractivity contribution < 1.29 is 25.2 Å². The van der Waals surface area contributed by atoms with E-state index in [9.17, 15) is 20.4 Å². The van der Waals surface area contributed by atoms with Crippen LogP contribution >= 0.6 is 0 Å². The number of aliphatic hydroxyl groups excluding tert-OH is 3. The second kappa shape index (κ2) is 7.27. The van der Waals surface area contributed by atoms with E-state index in [1.54, 1.807) is 0 Å². The molecule has 0 spiro atoms. The number of rotatable bonds is 3. The molecule has 0 amide bonds. The number of nitrogens with zero attached hydrogens (tertiary/aromatic N) is 4. The normalized spacial score (nSPS) is 29.1. The number of hydrogen-bond acceptors (Lipinski definition) is 9. The van der Waals surface area contributed by atoms with Crippen molar-refractivity contribution in [2.24, 2.45) is 0 Å². The smallest absolute Gasteiger partial charge is 0.208 e. The Bertz CT molecular complexity index is 930. The summed E-state index contributed by atoms with van der Waals surface area (Å²) in [6, 6.07) is 0. The van der Waals surface area contributed by atoms with Crippen molar-refractivity contribution in [3.8, 4) is 11.8 Å². The molecule has 4 rings (SSSR count). The number of aliphatic hydroxyl groups is 4. The van der Waals surface area contributed by atoms with Gasteiger partial charge in [-0.1, -0.05) is 18.8 Å². The largest absolute Gasteiger partial charge is 0.394 e. The van der Waals surface area contributed by atoms with Crippen LogP contribution in [0.3, 0.4) is 0 Å². The maximum absolute atomic E-state index is 10.4. The fraction of sp³-hybridized carbons (Fsp3) is 0.611. The summed E-state index contributed by atoms with van der Waals surface area (Å²) in [5, 5.41) is 39.9. The molecule has 0 bridgehead atoms. The highest BCUT2D eigenvalue weighted by Crippen LogP contribution is 2.33. The zero-order valence-electron chi connectivity index (χ0n) is 15.2. The minimum Gasteiger partial charge on any atom is -0.394 e. The van der Waals surface area contributed by atoms with Crippen LogP contribution in [0.4, 0.5) is 5.82 Å². The zero-order chi connectivity index (χ0) is 19.9. The fourth-order valence-electron chi connectivity index (χ4n) is 3.79. The molecule has 2 aromatic heterocycles. The third-order valence-electron chi connectivity index (χ3n) is 5.39. The van der Waals surface area contributed by atoms with Gasteiger partial charge in [-0.2, -0.15) is 0 Å². The minimum absolute atomic E-state index is 0.124. The Morgan fingerprint density at radius 3 is 2.68 bits per heavy atom. The summed E-state index contributed by atoms with van der Waals surface area (Å²) in [5.41, 5.74) is 5.83. The molecule has 150 valence electrons. The number of imidazole rings is 1. The van der Waals surface area contributed by atoms with Gasteiger partial charge < -0.3 is 30.9 Å². The first-order chi connectivity index (χ1) is 13.4. The van der Waals surface area contributed by atoms with Gasteiger partial charge in [-0.3, -0.25) is 4.57 Å². The molecular formula is C18H23N5O5. The highest BCUT2D eigenvalue weighted by atomic mass is 16.6. The number of fused-ring (bicyclic) bond motifs is 1. The van der Waals surface area contributed by atoms with Crippen LogP contribution in [0.5, 0.6) is 0 Å². The average Bonchev–Trinajstić information content (AvgIpc) is 3.35. The van der Waals surface area contributed by atoms with Gasteiger partial charge in [0.1, 0.15) is 23.8 Å². The number of nitrogen functional groups attached to an aromatic ring is 1. The lowest BCUT2D eigenvalue weighted by Gasteiger charge is -2.17. The summed E-state index contributed by atoms with van der Waals surface area (Å²) in [4.78, 5) is 12.7. The molecule has 2 fully saturated rings. The highest BCUT2D eigenvalue weighted by Gasteiger charge is 2.44. The highest BCUT2D eigenvalue weighted by molar-refractivity contribution is 5.82. The van der Waals surface area contributed by atoms with Gasteiger partial charge in [-0.05, 0) is 18.8 Å². The van der Waals surface area contributed by atoms with E-state index in [-0.39, 0.29) is 11.6 Å². The molecule has 1 aliphatic heterocycles. The Morgan fingerprint density at radius 1 is 1.25 bits per heavy atom. The molecule has 0 radical (unpaired) electrons. The summed E-state index contributed by atoms with van der Waals surface area (Å²) in [6.07, 6.45) is 0.791. The molecule has 0 aromatic carbocycles. The number of ether oxygens (including phenoxy) is 1. The molecule has 0 unspecified atom stereocenters. The minimum atomic E-state index is -1.27. The van der Waals surface area contributed by atoms with E-state index in [1.165, 1.54) is 10.9 Å². The quantitative estimate of drug-likeness (QED) is 0.418. The SMILES string of the molecule is Nc1nc(C#CCC2(O)CCCC2)nc2c1ncn2[C@@H]1O[C@H](CO)[C@@H](O)[C@H]1O. The van der Waals surface area contributed by atoms with Gasteiger partial charge in [0.25, 0.3) is 0 Å². The predicted molar refractivity (Wildman–Crippen MR) is 97.7 cm³/mol. The monoisotopic (exact) mass is 389 g/mol. The van der Waals surface area contributed by atoms with Crippen LogP contribution in [0.2, 0.25) is 0 Å². The zero-order valence-corrected chi connectivity index (χ0v) is 15.2. The van der Waals surface area contributed by atoms with Gasteiger partial charge in [0, 0.05) is 6.42 Å². The molecule has 4 atom stereocenters. The van der Waals surface area contributed by atoms with Crippen molar-refractivity contribution in [2.75, 3.05) is 12.3 Å². The first-order valence-corrected chi connectivity index (χ1v) is 9.26. The number of hydrogen-bond donors (Lipinski definition) is 5. The van der Waals surface area contributed by atoms with Gasteiger partial charge in [0.2, 0.25) is 5.82 Å². The van der Waals surface area contributed by atoms with Crippen molar-refractivity contribution in [1.82, 2.24) is 19.5 Å². The van der Waals surface area contributed by atoms with Gasteiger partial charge in [-0.15, -0.1) is 0 Å². The summed E-state index contributed by atoms with van der Waals surface area (Å²) < 4.78 is 6.97. The maximum atomic E-state index is 10.4. The lowest BCUT2D eigenvalue weighted by Crippen LogP contribution is -2.33. The first-order valence-electron chi connectivity index (χ1n) is 9.26. The Hall–Kier alpha value is -2.29. The molecule has 1 saturated heterocycles. The van der Waals surface area contributed by atoms with E-state index in [0.29, 0.717) is 17.6 Å². The van der Waals surface area contributed by atoms with E-state index < -0.39 is 36.7 Å². The van der Waals surface area contributed by atoms with Gasteiger partial charge >= 0.3 is 0 Å². The number of nitrogens with two attached hydrogens (primary N) is 1. The molecule has 2 aliphatic rings. The fourth-order valence-corrected chi connectivity index (χ4v) is 3.79. The molecule has 3 heterocycles. The van der Waals surface area contributed by atoms with Gasteiger partial charge in [-0.25, -0.2) is 15.0 Å². The Morgan fingerprint density at radius 2 is 2.00 bits per heavy atom. The first kappa shape index (κ1) is 19.0. The number of anilines is 1. The Kier molecular flexibility index (Phi) is 4.95. The van der Waals surface area contributed by atoms with Crippen LogP contribution in [0, 0.1) is 11.8 Å². The van der Waals surface area contributed by atoms with Crippen LogP contribution < -0.4 is 5.73 Å². The molecule has 28 heavy (non-hydrogen) atoms. The Labute approximate surface area is 161 Å². The van der Waals surface area contributed by atoms with Crippen molar-refractivity contribution in [3.05, 3.63) is 12.2 Å². The van der Waals surface area contributed by atoms with Crippen LogP contribution in [-0.2, 0) is 4.74 Å². The standard InChI is InChI=1S/C18H23N5O5/c19-15-12-16(22-11(21-15)4-3-7-18(27)5-1-2-6-18)23(9-20-12)17-14(26)13(25)10(8-24)28-17/h9-10,13-14,17,24-27H,1-2,5-8H2,(H2,19,21,22)/t10-,13-,14-,17-/m1/s1. The molecule has 10 nitrogen and oxygen atoms in total. The van der Waals surface area contributed by atoms with Crippen LogP contribution in [0.15, 0.2) is 6.33 Å². The molecule has 10 heteroatoms. The third-order valence-corrected chi connectivity index (χ3v) is 5.39. The van der Waals surface area contributed by atoms with E-state index in [2.05, 4.69) is 26.8 Å². The topological polar surface area (TPSA) is 160 Å². The van der Waals surface area contributed by atoms with Gasteiger partial charge in [0.05, 0.1) is 18.5 Å². The summed E-state index contributed by atoms with van der Waals surface area (Å²) in [5.74, 6) is 6.05. The van der Waals surface area contributed by atoms with Crippen LogP contribution in [0.25, 0.3) is 11.2 Å². The van der Waals surface area contributed by atoms with Crippen LogP contribution in [0.1, 0.15) is 44.2 Å². The predicted octanol–water partition coefficient (Wildman–Crippen LogP) is -0.933. The van der Waals surface area contributed by atoms with Crippen molar-refractivity contribution in [2.45, 2.75) is 62.2 Å². The maximum Gasteiger partial charge on any atom is 0.208 e. The molecule has 1 aliphatic carbocycles. The lowest BCUT2D eigenvalue weighted by molar-refractivity contribution is -0.0511. The molecular weight excluding hydrogens is 366 g/mol. The second-order valence-corrected chi connectivity index (χ2v) is 7.40. The van der Waals surface area contributed by atoms with Crippen LogP contribution in [-0.4, -0.2) is 70.5 Å². The lowest BCUT2D eigenvalue weighted by atomic mass is 9.99. The summed E-state index contributed by atoms with van der Waals surface area (Å²) >= 11 is 0. The van der Waals surface area contributed by atoms with Crippen molar-refractivity contribution >= 4 is 17.0 Å². The van der Waals surface area contributed by atoms with Gasteiger partial charge in [0.15, 0.2) is 17.7 Å². The van der Waals surface area contributed by atoms with E-state index in [1.807, 2.05) is 0 Å². The molecule has 2 aromatic rings. The summed E-state index contributed by atoms with van der Waals surface area (Å²) in [7, 11) is 0. The van der Waals surface area contributed by atoms with E-state index >= 15 is 0 Å². The number of aromatic nitrogens is 4. The average molecular weight is 389 g/mol. The summed E-state index contributed by atoms with van der Waals surface area (Å²) in [6.45, 7) is -0.432. The molecule has 1 saturated carbocycles. The third kappa shape index (κ3) is 3.32. The second-order valence-electron chi connectivity index (χ2n) is 7.40.